The Morgan fingerprint density at radius 2 is 2.20 bits per heavy atom. The topological polar surface area (TPSA) is 85.1 Å². The molecule has 0 aliphatic rings. The fourth-order valence-electron chi connectivity index (χ4n) is 1.31. The van der Waals surface area contributed by atoms with Crippen LogP contribution in [0.5, 0.6) is 0 Å². The summed E-state index contributed by atoms with van der Waals surface area (Å²) in [5.41, 5.74) is 0. The summed E-state index contributed by atoms with van der Waals surface area (Å²) in [7, 11) is 0. The molecule has 0 bridgehead atoms. The van der Waals surface area contributed by atoms with Gasteiger partial charge in [0.05, 0.1) is 4.92 Å². The molecule has 0 atom stereocenters. The molecule has 0 aromatic carbocycles. The number of nitrogens with one attached hydrogen (secondary N) is 1. The normalized spacial score (nSPS) is 10.7. The van der Waals surface area contributed by atoms with Crippen LogP contribution in [0.15, 0.2) is 41.0 Å². The summed E-state index contributed by atoms with van der Waals surface area (Å²) in [5.74, 6) is 0.0795. The fourth-order valence-corrected chi connectivity index (χ4v) is 2.26. The number of halogens is 1. The van der Waals surface area contributed by atoms with Gasteiger partial charge in [0, 0.05) is 27.7 Å². The molecule has 2 aromatic rings. The molecule has 20 heavy (non-hydrogen) atoms. The van der Waals surface area contributed by atoms with E-state index in [0.29, 0.717) is 10.7 Å². The Bertz CT molecular complexity index is 667. The maximum atomic E-state index is 11.6. The first-order valence-corrected chi connectivity index (χ1v) is 7.00. The molecule has 2 rings (SSSR count). The van der Waals surface area contributed by atoms with Crippen molar-refractivity contribution in [3.05, 3.63) is 56.0 Å². The van der Waals surface area contributed by atoms with Gasteiger partial charge in [-0.3, -0.25) is 14.9 Å². The molecule has 1 amide bonds. The minimum Gasteiger partial charge on any atom is -0.307 e. The molecule has 0 fully saturated rings. The van der Waals surface area contributed by atoms with Crippen LogP contribution in [0.4, 0.5) is 10.8 Å². The zero-order valence-electron chi connectivity index (χ0n) is 9.95. The van der Waals surface area contributed by atoms with Crippen LogP contribution in [-0.2, 0) is 4.79 Å². The van der Waals surface area contributed by atoms with Gasteiger partial charge in [0.25, 0.3) is 0 Å². The van der Waals surface area contributed by atoms with Gasteiger partial charge >= 0.3 is 5.00 Å². The smallest absolute Gasteiger partial charge is 0.307 e. The number of amides is 1. The van der Waals surface area contributed by atoms with E-state index in [1.807, 2.05) is 0 Å². The maximum Gasteiger partial charge on any atom is 0.324 e. The average molecular weight is 354 g/mol. The molecule has 0 saturated carbocycles. The summed E-state index contributed by atoms with van der Waals surface area (Å²) in [6.07, 6.45) is 4.40. The minimum atomic E-state index is -0.464. The first-order valence-electron chi connectivity index (χ1n) is 5.39. The van der Waals surface area contributed by atoms with Crippen LogP contribution < -0.4 is 5.32 Å². The van der Waals surface area contributed by atoms with E-state index in [-0.39, 0.29) is 10.9 Å². The maximum absolute atomic E-state index is 11.6. The Kier molecular flexibility index (Phi) is 4.59. The van der Waals surface area contributed by atoms with Crippen LogP contribution in [0.3, 0.4) is 0 Å². The summed E-state index contributed by atoms with van der Waals surface area (Å²) in [5, 5.41) is 13.1. The summed E-state index contributed by atoms with van der Waals surface area (Å²) in [6.45, 7) is 0. The summed E-state index contributed by atoms with van der Waals surface area (Å²) >= 11 is 4.25. The molecule has 0 aliphatic carbocycles. The zero-order valence-corrected chi connectivity index (χ0v) is 12.3. The minimum absolute atomic E-state index is 0.0413. The van der Waals surface area contributed by atoms with E-state index < -0.39 is 4.92 Å². The highest BCUT2D eigenvalue weighted by Crippen LogP contribution is 2.24. The molecule has 102 valence electrons. The van der Waals surface area contributed by atoms with Gasteiger partial charge in [0.2, 0.25) is 5.91 Å². The number of hydrogen-bond acceptors (Lipinski definition) is 5. The van der Waals surface area contributed by atoms with Crippen LogP contribution >= 0.6 is 27.3 Å². The molecule has 0 aliphatic heterocycles. The average Bonchev–Trinajstić information content (AvgIpc) is 2.88. The number of nitrogens with zero attached hydrogens (tertiary/aromatic N) is 2. The lowest BCUT2D eigenvalue weighted by atomic mass is 10.4. The summed E-state index contributed by atoms with van der Waals surface area (Å²) in [4.78, 5) is 26.3. The van der Waals surface area contributed by atoms with Crippen molar-refractivity contribution in [3.8, 4) is 0 Å². The molecule has 0 radical (unpaired) electrons. The van der Waals surface area contributed by atoms with Crippen molar-refractivity contribution in [1.82, 2.24) is 4.98 Å². The zero-order chi connectivity index (χ0) is 14.5. The predicted molar refractivity (Wildman–Crippen MR) is 80.6 cm³/mol. The number of aromatic nitrogens is 1. The lowest BCUT2D eigenvalue weighted by Crippen LogP contribution is -2.08. The Balaban J connectivity index is 1.98. The molecule has 2 heterocycles. The molecule has 0 spiro atoms. The van der Waals surface area contributed by atoms with Gasteiger partial charge in [-0.15, -0.1) is 0 Å². The van der Waals surface area contributed by atoms with Gasteiger partial charge in [-0.25, -0.2) is 4.98 Å². The number of nitro groups is 1. The van der Waals surface area contributed by atoms with Gasteiger partial charge in [0.1, 0.15) is 5.82 Å². The number of carbonyl (C=O) groups excluding carboxylic acids is 1. The van der Waals surface area contributed by atoms with Crippen molar-refractivity contribution >= 4 is 50.1 Å². The van der Waals surface area contributed by atoms with Crippen molar-refractivity contribution in [1.29, 1.82) is 0 Å². The second-order valence-electron chi connectivity index (χ2n) is 3.62. The Morgan fingerprint density at radius 1 is 1.40 bits per heavy atom. The predicted octanol–water partition coefficient (Wildman–Crippen LogP) is 3.47. The van der Waals surface area contributed by atoms with Crippen molar-refractivity contribution in [2.24, 2.45) is 0 Å². The third-order valence-corrected chi connectivity index (χ3v) is 3.64. The van der Waals surface area contributed by atoms with E-state index in [9.17, 15) is 14.9 Å². The molecular weight excluding hydrogens is 346 g/mol. The third-order valence-electron chi connectivity index (χ3n) is 2.17. The number of pyridine rings is 1. The standard InChI is InChI=1S/C12H8BrN3O3S/c13-8-1-4-10(14-7-8)15-11(17)5-2-9-3-6-12(20-9)16(18)19/h1-7H,(H,14,15,17)/b5-2+. The highest BCUT2D eigenvalue weighted by molar-refractivity contribution is 9.10. The molecule has 0 saturated heterocycles. The molecule has 2 aromatic heterocycles. The quantitative estimate of drug-likeness (QED) is 0.518. The highest BCUT2D eigenvalue weighted by Gasteiger charge is 2.08. The number of carbonyl (C=O) groups is 1. The van der Waals surface area contributed by atoms with Crippen molar-refractivity contribution in [2.45, 2.75) is 0 Å². The monoisotopic (exact) mass is 353 g/mol. The van der Waals surface area contributed by atoms with E-state index in [4.69, 9.17) is 0 Å². The molecule has 1 N–H and O–H groups in total. The van der Waals surface area contributed by atoms with E-state index in [2.05, 4.69) is 26.2 Å². The van der Waals surface area contributed by atoms with Crippen molar-refractivity contribution in [2.75, 3.05) is 5.32 Å². The van der Waals surface area contributed by atoms with Crippen LogP contribution in [0, 0.1) is 10.1 Å². The van der Waals surface area contributed by atoms with Gasteiger partial charge in [-0.2, -0.15) is 0 Å². The number of thiophene rings is 1. The molecule has 0 unspecified atom stereocenters. The first kappa shape index (κ1) is 14.4. The third kappa shape index (κ3) is 3.97. The lowest BCUT2D eigenvalue weighted by Gasteiger charge is -2.00. The number of hydrogen-bond donors (Lipinski definition) is 1. The van der Waals surface area contributed by atoms with Gasteiger partial charge < -0.3 is 5.32 Å². The van der Waals surface area contributed by atoms with Gasteiger partial charge in [0.15, 0.2) is 0 Å². The van der Waals surface area contributed by atoms with Crippen molar-refractivity contribution in [3.63, 3.8) is 0 Å². The Labute approximate surface area is 126 Å². The number of rotatable bonds is 4. The van der Waals surface area contributed by atoms with E-state index in [1.54, 1.807) is 24.4 Å². The SMILES string of the molecule is O=C(/C=C/c1ccc([N+](=O)[O-])s1)Nc1ccc(Br)cn1. The largest absolute Gasteiger partial charge is 0.324 e. The van der Waals surface area contributed by atoms with E-state index >= 15 is 0 Å². The Hall–Kier alpha value is -2.06. The van der Waals surface area contributed by atoms with Crippen molar-refractivity contribution < 1.29 is 9.72 Å². The van der Waals surface area contributed by atoms with Crippen LogP contribution in [0.25, 0.3) is 6.08 Å². The van der Waals surface area contributed by atoms with E-state index in [0.717, 1.165) is 15.8 Å². The highest BCUT2D eigenvalue weighted by atomic mass is 79.9. The van der Waals surface area contributed by atoms with Crippen LogP contribution in [-0.4, -0.2) is 15.8 Å². The molecular formula is C12H8BrN3O3S. The molecule has 6 nitrogen and oxygen atoms in total. The second kappa shape index (κ2) is 6.40. The fraction of sp³-hybridized carbons (Fsp3) is 0. The number of anilines is 1. The lowest BCUT2D eigenvalue weighted by molar-refractivity contribution is -0.380. The molecule has 8 heteroatoms. The summed E-state index contributed by atoms with van der Waals surface area (Å²) in [6, 6.07) is 6.41. The van der Waals surface area contributed by atoms with Gasteiger partial charge in [-0.1, -0.05) is 11.3 Å². The van der Waals surface area contributed by atoms with Crippen LogP contribution in [0.2, 0.25) is 0 Å². The van der Waals surface area contributed by atoms with E-state index in [1.165, 1.54) is 18.2 Å². The Morgan fingerprint density at radius 3 is 2.80 bits per heavy atom. The van der Waals surface area contributed by atoms with Gasteiger partial charge in [-0.05, 0) is 40.2 Å². The second-order valence-corrected chi connectivity index (χ2v) is 5.63. The first-order chi connectivity index (χ1) is 9.54. The van der Waals surface area contributed by atoms with Crippen LogP contribution in [0.1, 0.15) is 4.88 Å². The summed E-state index contributed by atoms with van der Waals surface area (Å²) < 4.78 is 0.817.